The van der Waals surface area contributed by atoms with Gasteiger partial charge in [-0.2, -0.15) is 0 Å². The van der Waals surface area contributed by atoms with Crippen molar-refractivity contribution in [1.82, 2.24) is 15.5 Å². The predicted molar refractivity (Wildman–Crippen MR) is 115 cm³/mol. The first-order valence-corrected chi connectivity index (χ1v) is 11.5. The van der Waals surface area contributed by atoms with Crippen LogP contribution in [0.1, 0.15) is 44.1 Å². The second-order valence-electron chi connectivity index (χ2n) is 9.24. The average Bonchev–Trinajstić information content (AvgIpc) is 3.47. The molecular formula is C24H30FN3O4. The highest BCUT2D eigenvalue weighted by molar-refractivity contribution is 5.90. The number of carbonyl (C=O) groups excluding carboxylic acids is 4. The fourth-order valence-corrected chi connectivity index (χ4v) is 5.58. The van der Waals surface area contributed by atoms with E-state index in [4.69, 9.17) is 0 Å². The number of nitrogens with zero attached hydrogens (tertiary/aromatic N) is 1. The monoisotopic (exact) mass is 443 g/mol. The van der Waals surface area contributed by atoms with Crippen LogP contribution in [0.4, 0.5) is 4.39 Å². The number of aryl methyl sites for hydroxylation is 1. The van der Waals surface area contributed by atoms with Crippen molar-refractivity contribution >= 4 is 24.0 Å². The summed E-state index contributed by atoms with van der Waals surface area (Å²) in [6.07, 6.45) is 5.11. The van der Waals surface area contributed by atoms with Gasteiger partial charge in [0.15, 0.2) is 0 Å². The predicted octanol–water partition coefficient (Wildman–Crippen LogP) is 1.60. The van der Waals surface area contributed by atoms with Gasteiger partial charge in [-0.25, -0.2) is 4.39 Å². The van der Waals surface area contributed by atoms with Crippen LogP contribution in [0, 0.1) is 23.6 Å². The van der Waals surface area contributed by atoms with E-state index in [1.807, 2.05) is 0 Å². The number of carbonyl (C=O) groups is 4. The Morgan fingerprint density at radius 3 is 2.84 bits per heavy atom. The standard InChI is InChI=1S/C24H30FN3O4/c25-18-5-1-3-15(11-18)7-8-21(30)28-13-17-4-2-6-20(17)22(28)24(32)27-19(14-29)12-16-9-10-26-23(16)31/h1,3,5,11,14,16-17,19-20,22H,2,4,6-10,12-13H2,(H,26,31)(H,27,32)/t16-,17?,19-,20?,22+/m0/s1. The minimum absolute atomic E-state index is 0.0861. The first-order chi connectivity index (χ1) is 15.5. The second kappa shape index (κ2) is 9.79. The van der Waals surface area contributed by atoms with Crippen molar-refractivity contribution in [3.05, 3.63) is 35.6 Å². The largest absolute Gasteiger partial charge is 0.356 e. The molecule has 0 bridgehead atoms. The van der Waals surface area contributed by atoms with E-state index >= 15 is 0 Å². The van der Waals surface area contributed by atoms with E-state index < -0.39 is 12.1 Å². The molecular weight excluding hydrogens is 413 g/mol. The van der Waals surface area contributed by atoms with Gasteiger partial charge < -0.3 is 20.3 Å². The number of fused-ring (bicyclic) bond motifs is 1. The minimum Gasteiger partial charge on any atom is -0.356 e. The maximum atomic E-state index is 13.4. The van der Waals surface area contributed by atoms with E-state index in [1.54, 1.807) is 17.0 Å². The summed E-state index contributed by atoms with van der Waals surface area (Å²) in [6, 6.07) is 4.85. The van der Waals surface area contributed by atoms with Crippen molar-refractivity contribution in [2.24, 2.45) is 17.8 Å². The van der Waals surface area contributed by atoms with Crippen LogP contribution in [0.3, 0.4) is 0 Å². The number of hydrogen-bond donors (Lipinski definition) is 2. The number of amides is 3. The van der Waals surface area contributed by atoms with E-state index in [1.165, 1.54) is 12.1 Å². The molecule has 1 aliphatic carbocycles. The third kappa shape index (κ3) is 4.84. The Morgan fingerprint density at radius 1 is 1.28 bits per heavy atom. The highest BCUT2D eigenvalue weighted by Crippen LogP contribution is 2.42. The summed E-state index contributed by atoms with van der Waals surface area (Å²) in [4.78, 5) is 51.4. The molecule has 2 aliphatic heterocycles. The molecule has 3 amide bonds. The number of likely N-dealkylation sites (tertiary alicyclic amines) is 1. The van der Waals surface area contributed by atoms with Crippen molar-refractivity contribution in [2.75, 3.05) is 13.1 Å². The summed E-state index contributed by atoms with van der Waals surface area (Å²) in [5.41, 5.74) is 0.745. The van der Waals surface area contributed by atoms with Crippen LogP contribution < -0.4 is 10.6 Å². The lowest BCUT2D eigenvalue weighted by Gasteiger charge is -2.28. The molecule has 1 saturated carbocycles. The zero-order valence-electron chi connectivity index (χ0n) is 18.1. The summed E-state index contributed by atoms with van der Waals surface area (Å²) in [6.45, 7) is 1.13. The molecule has 172 valence electrons. The molecule has 2 saturated heterocycles. The number of nitrogens with one attached hydrogen (secondary N) is 2. The summed E-state index contributed by atoms with van der Waals surface area (Å²) >= 11 is 0. The number of rotatable bonds is 8. The Morgan fingerprint density at radius 2 is 2.12 bits per heavy atom. The normalized spacial score (nSPS) is 27.7. The van der Waals surface area contributed by atoms with E-state index in [9.17, 15) is 23.6 Å². The zero-order chi connectivity index (χ0) is 22.7. The molecule has 7 nitrogen and oxygen atoms in total. The third-order valence-electron chi connectivity index (χ3n) is 7.19. The minimum atomic E-state index is -0.749. The van der Waals surface area contributed by atoms with Gasteiger partial charge in [-0.1, -0.05) is 18.6 Å². The molecule has 8 heteroatoms. The van der Waals surface area contributed by atoms with E-state index in [-0.39, 0.29) is 48.2 Å². The first-order valence-electron chi connectivity index (χ1n) is 11.5. The summed E-state index contributed by atoms with van der Waals surface area (Å²) in [5, 5.41) is 5.55. The SMILES string of the molecule is O=C[C@H](C[C@@H]1CCNC1=O)NC(=O)[C@H]1C2CCCC2CN1C(=O)CCc1cccc(F)c1. The molecule has 3 aliphatic rings. The lowest BCUT2D eigenvalue weighted by molar-refractivity contribution is -0.140. The van der Waals surface area contributed by atoms with Crippen molar-refractivity contribution < 1.29 is 23.6 Å². The van der Waals surface area contributed by atoms with Crippen LogP contribution in [0.2, 0.25) is 0 Å². The Balaban J connectivity index is 1.41. The van der Waals surface area contributed by atoms with Crippen molar-refractivity contribution in [1.29, 1.82) is 0 Å². The van der Waals surface area contributed by atoms with Gasteiger partial charge in [0.05, 0.1) is 6.04 Å². The van der Waals surface area contributed by atoms with Crippen LogP contribution in [0.5, 0.6) is 0 Å². The molecule has 0 aromatic heterocycles. The number of aldehydes is 1. The highest BCUT2D eigenvalue weighted by Gasteiger charge is 2.49. The Hall–Kier alpha value is -2.77. The van der Waals surface area contributed by atoms with Crippen LogP contribution in [-0.2, 0) is 25.6 Å². The van der Waals surface area contributed by atoms with Crippen LogP contribution in [-0.4, -0.2) is 54.1 Å². The molecule has 2 N–H and O–H groups in total. The lowest BCUT2D eigenvalue weighted by Crippen LogP contribution is -2.52. The van der Waals surface area contributed by atoms with Crippen molar-refractivity contribution in [3.63, 3.8) is 0 Å². The second-order valence-corrected chi connectivity index (χ2v) is 9.24. The van der Waals surface area contributed by atoms with E-state index in [0.717, 1.165) is 24.8 Å². The zero-order valence-corrected chi connectivity index (χ0v) is 18.1. The fraction of sp³-hybridized carbons (Fsp3) is 0.583. The fourth-order valence-electron chi connectivity index (χ4n) is 5.58. The van der Waals surface area contributed by atoms with Gasteiger partial charge in [0.25, 0.3) is 0 Å². The average molecular weight is 444 g/mol. The summed E-state index contributed by atoms with van der Waals surface area (Å²) in [7, 11) is 0. The quantitative estimate of drug-likeness (QED) is 0.597. The number of hydrogen-bond acceptors (Lipinski definition) is 4. The molecule has 2 heterocycles. The van der Waals surface area contributed by atoms with Crippen molar-refractivity contribution in [3.8, 4) is 0 Å². The van der Waals surface area contributed by atoms with Gasteiger partial charge >= 0.3 is 0 Å². The van der Waals surface area contributed by atoms with Gasteiger partial charge in [-0.05, 0) is 61.6 Å². The van der Waals surface area contributed by atoms with Gasteiger partial charge in [-0.3, -0.25) is 14.4 Å². The van der Waals surface area contributed by atoms with Crippen LogP contribution in [0.15, 0.2) is 24.3 Å². The van der Waals surface area contributed by atoms with Crippen LogP contribution >= 0.6 is 0 Å². The Kier molecular flexibility index (Phi) is 6.86. The van der Waals surface area contributed by atoms with E-state index in [0.29, 0.717) is 38.1 Å². The summed E-state index contributed by atoms with van der Waals surface area (Å²) < 4.78 is 13.4. The topological polar surface area (TPSA) is 95.6 Å². The number of benzene rings is 1. The lowest BCUT2D eigenvalue weighted by atomic mass is 9.92. The molecule has 0 radical (unpaired) electrons. The first kappa shape index (κ1) is 22.4. The molecule has 0 spiro atoms. The molecule has 3 fully saturated rings. The van der Waals surface area contributed by atoms with Gasteiger partial charge in [0.1, 0.15) is 18.1 Å². The Labute approximate surface area is 187 Å². The smallest absolute Gasteiger partial charge is 0.243 e. The van der Waals surface area contributed by atoms with Gasteiger partial charge in [-0.15, -0.1) is 0 Å². The van der Waals surface area contributed by atoms with E-state index in [2.05, 4.69) is 10.6 Å². The summed E-state index contributed by atoms with van der Waals surface area (Å²) in [5.74, 6) is -0.752. The maximum absolute atomic E-state index is 13.4. The van der Waals surface area contributed by atoms with Gasteiger partial charge in [0.2, 0.25) is 17.7 Å². The van der Waals surface area contributed by atoms with Crippen molar-refractivity contribution in [2.45, 2.75) is 57.0 Å². The Bertz CT molecular complexity index is 892. The maximum Gasteiger partial charge on any atom is 0.243 e. The number of halogens is 1. The molecule has 4 rings (SSSR count). The molecule has 1 aromatic rings. The third-order valence-corrected chi connectivity index (χ3v) is 7.19. The molecule has 1 aromatic carbocycles. The van der Waals surface area contributed by atoms with Crippen LogP contribution in [0.25, 0.3) is 0 Å². The highest BCUT2D eigenvalue weighted by atomic mass is 19.1. The molecule has 5 atom stereocenters. The molecule has 2 unspecified atom stereocenters. The molecule has 32 heavy (non-hydrogen) atoms. The van der Waals surface area contributed by atoms with Gasteiger partial charge in [0, 0.05) is 25.4 Å².